The predicted octanol–water partition coefficient (Wildman–Crippen LogP) is 2.97. The van der Waals surface area contributed by atoms with Crippen LogP contribution in [0, 0.1) is 0 Å². The quantitative estimate of drug-likeness (QED) is 0.921. The Morgan fingerprint density at radius 2 is 2.23 bits per heavy atom. The molecule has 3 atom stereocenters. The lowest BCUT2D eigenvalue weighted by Crippen LogP contribution is -2.50. The van der Waals surface area contributed by atoms with E-state index in [4.69, 9.17) is 11.6 Å². The van der Waals surface area contributed by atoms with E-state index < -0.39 is 0 Å². The molecule has 1 aromatic rings. The maximum atomic E-state index is 12.6. The molecule has 4 nitrogen and oxygen atoms in total. The van der Waals surface area contributed by atoms with Crippen molar-refractivity contribution >= 4 is 35.2 Å². The number of amides is 2. The standard InChI is InChI=1S/C16H19ClN2O2S/c1-10(11-5-3-4-6-12(11)17)18-15(21)13-9-22-16(2)8-7-14(20)19(13)16/h3-6,10,13H,7-9H2,1-2H3,(H,18,21)/t10-,13+,16+/m1/s1. The molecule has 3 rings (SSSR count). The number of nitrogens with zero attached hydrogens (tertiary/aromatic N) is 1. The number of hydrogen-bond acceptors (Lipinski definition) is 3. The summed E-state index contributed by atoms with van der Waals surface area (Å²) in [5, 5.41) is 3.64. The van der Waals surface area contributed by atoms with Crippen LogP contribution in [0.1, 0.15) is 38.3 Å². The number of nitrogens with one attached hydrogen (secondary N) is 1. The minimum atomic E-state index is -0.380. The van der Waals surface area contributed by atoms with Crippen LogP contribution in [0.25, 0.3) is 0 Å². The van der Waals surface area contributed by atoms with E-state index in [1.54, 1.807) is 16.7 Å². The maximum absolute atomic E-state index is 12.6. The third-order valence-corrected chi connectivity index (χ3v) is 6.33. The van der Waals surface area contributed by atoms with E-state index in [-0.39, 0.29) is 28.8 Å². The molecular weight excluding hydrogens is 320 g/mol. The third-order valence-electron chi connectivity index (χ3n) is 4.48. The fourth-order valence-electron chi connectivity index (χ4n) is 3.23. The van der Waals surface area contributed by atoms with Gasteiger partial charge in [0.25, 0.3) is 0 Å². The predicted molar refractivity (Wildman–Crippen MR) is 88.7 cm³/mol. The zero-order valence-electron chi connectivity index (χ0n) is 12.6. The summed E-state index contributed by atoms with van der Waals surface area (Å²) >= 11 is 7.88. The minimum Gasteiger partial charge on any atom is -0.348 e. The number of benzene rings is 1. The van der Waals surface area contributed by atoms with Gasteiger partial charge in [0.15, 0.2) is 0 Å². The van der Waals surface area contributed by atoms with Gasteiger partial charge in [-0.05, 0) is 31.9 Å². The summed E-state index contributed by atoms with van der Waals surface area (Å²) in [6.45, 7) is 3.96. The molecule has 1 N–H and O–H groups in total. The highest BCUT2D eigenvalue weighted by Gasteiger charge is 2.52. The van der Waals surface area contributed by atoms with Crippen molar-refractivity contribution in [3.05, 3.63) is 34.9 Å². The molecule has 1 aromatic carbocycles. The Bertz CT molecular complexity index is 624. The van der Waals surface area contributed by atoms with Crippen molar-refractivity contribution in [2.45, 2.75) is 43.6 Å². The Morgan fingerprint density at radius 3 is 2.95 bits per heavy atom. The van der Waals surface area contributed by atoms with Crippen LogP contribution in [0.4, 0.5) is 0 Å². The molecule has 2 saturated heterocycles. The fourth-order valence-corrected chi connectivity index (χ4v) is 4.96. The van der Waals surface area contributed by atoms with Gasteiger partial charge in [-0.2, -0.15) is 0 Å². The number of rotatable bonds is 3. The second-order valence-corrected chi connectivity index (χ2v) is 7.93. The molecule has 0 aliphatic carbocycles. The van der Waals surface area contributed by atoms with E-state index in [1.165, 1.54) is 0 Å². The van der Waals surface area contributed by atoms with Crippen molar-refractivity contribution < 1.29 is 9.59 Å². The normalized spacial score (nSPS) is 28.6. The van der Waals surface area contributed by atoms with Gasteiger partial charge >= 0.3 is 0 Å². The number of carbonyl (C=O) groups is 2. The van der Waals surface area contributed by atoms with Gasteiger partial charge in [0.05, 0.1) is 10.9 Å². The Balaban J connectivity index is 1.73. The summed E-state index contributed by atoms with van der Waals surface area (Å²) in [6.07, 6.45) is 1.35. The van der Waals surface area contributed by atoms with E-state index in [2.05, 4.69) is 5.32 Å². The molecule has 2 heterocycles. The van der Waals surface area contributed by atoms with Gasteiger partial charge in [0.2, 0.25) is 11.8 Å². The fraction of sp³-hybridized carbons (Fsp3) is 0.500. The van der Waals surface area contributed by atoms with Crippen LogP contribution in [-0.2, 0) is 9.59 Å². The van der Waals surface area contributed by atoms with E-state index >= 15 is 0 Å². The molecule has 118 valence electrons. The van der Waals surface area contributed by atoms with Gasteiger partial charge in [0, 0.05) is 17.2 Å². The van der Waals surface area contributed by atoms with Crippen molar-refractivity contribution in [3.63, 3.8) is 0 Å². The molecule has 0 saturated carbocycles. The van der Waals surface area contributed by atoms with Crippen LogP contribution in [0.15, 0.2) is 24.3 Å². The summed E-state index contributed by atoms with van der Waals surface area (Å²) in [7, 11) is 0. The van der Waals surface area contributed by atoms with Gasteiger partial charge < -0.3 is 10.2 Å². The molecular formula is C16H19ClN2O2S. The molecule has 0 aromatic heterocycles. The van der Waals surface area contributed by atoms with Crippen LogP contribution in [0.3, 0.4) is 0 Å². The Morgan fingerprint density at radius 1 is 1.50 bits per heavy atom. The molecule has 0 radical (unpaired) electrons. The summed E-state index contributed by atoms with van der Waals surface area (Å²) in [5.74, 6) is 0.639. The average molecular weight is 339 g/mol. The highest BCUT2D eigenvalue weighted by atomic mass is 35.5. The first-order chi connectivity index (χ1) is 10.4. The van der Waals surface area contributed by atoms with Gasteiger partial charge in [-0.15, -0.1) is 11.8 Å². The zero-order chi connectivity index (χ0) is 15.9. The summed E-state index contributed by atoms with van der Waals surface area (Å²) in [6, 6.07) is 6.91. The van der Waals surface area contributed by atoms with E-state index in [1.807, 2.05) is 38.1 Å². The Hall–Kier alpha value is -1.20. The second-order valence-electron chi connectivity index (χ2n) is 6.02. The molecule has 0 bridgehead atoms. The molecule has 2 aliphatic rings. The lowest BCUT2D eigenvalue weighted by Gasteiger charge is -2.30. The van der Waals surface area contributed by atoms with Crippen molar-refractivity contribution in [2.75, 3.05) is 5.75 Å². The summed E-state index contributed by atoms with van der Waals surface area (Å²) in [4.78, 5) is 26.3. The van der Waals surface area contributed by atoms with E-state index in [0.717, 1.165) is 12.0 Å². The van der Waals surface area contributed by atoms with Crippen molar-refractivity contribution in [2.24, 2.45) is 0 Å². The highest BCUT2D eigenvalue weighted by molar-refractivity contribution is 8.01. The number of halogens is 1. The number of carbonyl (C=O) groups excluding carboxylic acids is 2. The molecule has 0 unspecified atom stereocenters. The average Bonchev–Trinajstić information content (AvgIpc) is 2.96. The molecule has 22 heavy (non-hydrogen) atoms. The topological polar surface area (TPSA) is 49.4 Å². The van der Waals surface area contributed by atoms with Crippen molar-refractivity contribution in [1.29, 1.82) is 0 Å². The number of hydrogen-bond donors (Lipinski definition) is 1. The SMILES string of the molecule is C[C@@H](NC(=O)[C@@H]1CS[C@@]2(C)CCC(=O)N12)c1ccccc1Cl. The maximum Gasteiger partial charge on any atom is 0.244 e. The minimum absolute atomic E-state index is 0.0815. The zero-order valence-corrected chi connectivity index (χ0v) is 14.2. The van der Waals surface area contributed by atoms with Gasteiger partial charge in [0.1, 0.15) is 6.04 Å². The Labute approximate surface area is 139 Å². The van der Waals surface area contributed by atoms with Crippen LogP contribution in [0.2, 0.25) is 5.02 Å². The van der Waals surface area contributed by atoms with Gasteiger partial charge in [-0.1, -0.05) is 29.8 Å². The van der Waals surface area contributed by atoms with E-state index in [9.17, 15) is 9.59 Å². The lowest BCUT2D eigenvalue weighted by atomic mass is 10.1. The summed E-state index contributed by atoms with van der Waals surface area (Å²) in [5.41, 5.74) is 0.888. The molecule has 2 amide bonds. The summed E-state index contributed by atoms with van der Waals surface area (Å²) < 4.78 is 0. The monoisotopic (exact) mass is 338 g/mol. The first-order valence-corrected chi connectivity index (χ1v) is 8.80. The molecule has 2 fully saturated rings. The van der Waals surface area contributed by atoms with Crippen LogP contribution >= 0.6 is 23.4 Å². The molecule has 2 aliphatic heterocycles. The largest absolute Gasteiger partial charge is 0.348 e. The van der Waals surface area contributed by atoms with Crippen LogP contribution in [-0.4, -0.2) is 33.4 Å². The van der Waals surface area contributed by atoms with Crippen LogP contribution in [0.5, 0.6) is 0 Å². The first kappa shape index (κ1) is 15.7. The lowest BCUT2D eigenvalue weighted by molar-refractivity contribution is -0.138. The number of thioether (sulfide) groups is 1. The smallest absolute Gasteiger partial charge is 0.244 e. The highest BCUT2D eigenvalue weighted by Crippen LogP contribution is 2.47. The first-order valence-electron chi connectivity index (χ1n) is 7.43. The second kappa shape index (κ2) is 5.78. The van der Waals surface area contributed by atoms with Gasteiger partial charge in [-0.3, -0.25) is 9.59 Å². The Kier molecular flexibility index (Phi) is 4.12. The van der Waals surface area contributed by atoms with Gasteiger partial charge in [-0.25, -0.2) is 0 Å². The number of fused-ring (bicyclic) bond motifs is 1. The van der Waals surface area contributed by atoms with Crippen molar-refractivity contribution in [1.82, 2.24) is 10.2 Å². The van der Waals surface area contributed by atoms with Crippen molar-refractivity contribution in [3.8, 4) is 0 Å². The molecule has 6 heteroatoms. The molecule has 0 spiro atoms. The van der Waals surface area contributed by atoms with E-state index in [0.29, 0.717) is 17.2 Å². The van der Waals surface area contributed by atoms with Crippen LogP contribution < -0.4 is 5.32 Å². The third kappa shape index (κ3) is 2.61.